The minimum absolute atomic E-state index is 0.204. The standard InChI is InChI=1S/C24H31N3O2/c1-25(19-22-10-6-12-23(18-22)29-2)24(28)20-27-16-14-26(15-17-27)13-7-11-21-8-4-3-5-9-21/h3-12,18H,13-17,19-20H2,1-2H3/p+2/b11-7+. The molecule has 0 atom stereocenters. The first kappa shape index (κ1) is 21.1. The molecule has 5 heteroatoms. The van der Waals surface area contributed by atoms with Gasteiger partial charge in [-0.05, 0) is 29.3 Å². The lowest BCUT2D eigenvalue weighted by molar-refractivity contribution is -1.01. The molecule has 1 fully saturated rings. The van der Waals surface area contributed by atoms with Crippen LogP contribution in [-0.2, 0) is 11.3 Å². The van der Waals surface area contributed by atoms with Crippen LogP contribution in [0.3, 0.4) is 0 Å². The van der Waals surface area contributed by atoms with E-state index < -0.39 is 0 Å². The molecule has 0 spiro atoms. The highest BCUT2D eigenvalue weighted by Gasteiger charge is 2.25. The molecule has 0 aliphatic carbocycles. The smallest absolute Gasteiger partial charge is 0.277 e. The molecule has 3 rings (SSSR count). The Labute approximate surface area is 174 Å². The number of piperazine rings is 1. The van der Waals surface area contributed by atoms with E-state index in [0.29, 0.717) is 13.1 Å². The van der Waals surface area contributed by atoms with Crippen molar-refractivity contribution in [2.75, 3.05) is 53.4 Å². The highest BCUT2D eigenvalue weighted by molar-refractivity contribution is 5.76. The highest BCUT2D eigenvalue weighted by Crippen LogP contribution is 2.13. The Kier molecular flexibility index (Phi) is 7.85. The number of likely N-dealkylation sites (N-methyl/N-ethyl adjacent to an activating group) is 1. The number of amides is 1. The predicted molar refractivity (Wildman–Crippen MR) is 116 cm³/mol. The summed E-state index contributed by atoms with van der Waals surface area (Å²) in [5, 5.41) is 0. The average Bonchev–Trinajstić information content (AvgIpc) is 2.76. The zero-order valence-corrected chi connectivity index (χ0v) is 17.6. The molecule has 0 bridgehead atoms. The van der Waals surface area contributed by atoms with Crippen LogP contribution in [0.4, 0.5) is 0 Å². The van der Waals surface area contributed by atoms with Crippen molar-refractivity contribution in [2.24, 2.45) is 0 Å². The van der Waals surface area contributed by atoms with E-state index in [1.165, 1.54) is 10.5 Å². The number of ether oxygens (including phenoxy) is 1. The summed E-state index contributed by atoms with van der Waals surface area (Å²) in [6.07, 6.45) is 4.46. The van der Waals surface area contributed by atoms with Crippen LogP contribution in [0.15, 0.2) is 60.7 Å². The van der Waals surface area contributed by atoms with Crippen molar-refractivity contribution in [1.82, 2.24) is 4.90 Å². The first-order chi connectivity index (χ1) is 14.1. The van der Waals surface area contributed by atoms with Crippen LogP contribution in [0.2, 0.25) is 0 Å². The molecular weight excluding hydrogens is 362 g/mol. The van der Waals surface area contributed by atoms with Gasteiger partial charge >= 0.3 is 0 Å². The van der Waals surface area contributed by atoms with Crippen molar-refractivity contribution in [3.8, 4) is 5.75 Å². The van der Waals surface area contributed by atoms with Crippen LogP contribution >= 0.6 is 0 Å². The minimum atomic E-state index is 0.204. The second-order valence-electron chi connectivity index (χ2n) is 7.80. The first-order valence-corrected chi connectivity index (χ1v) is 10.4. The molecule has 1 amide bonds. The maximum absolute atomic E-state index is 12.6. The molecule has 0 aromatic heterocycles. The molecule has 2 aromatic rings. The van der Waals surface area contributed by atoms with E-state index in [9.17, 15) is 4.79 Å². The molecule has 1 aliphatic rings. The summed E-state index contributed by atoms with van der Waals surface area (Å²) in [7, 11) is 3.55. The Morgan fingerprint density at radius 2 is 1.76 bits per heavy atom. The number of quaternary nitrogens is 2. The summed E-state index contributed by atoms with van der Waals surface area (Å²) in [5.74, 6) is 1.03. The van der Waals surface area contributed by atoms with E-state index in [1.54, 1.807) is 12.0 Å². The molecule has 1 saturated heterocycles. The Morgan fingerprint density at radius 1 is 1.03 bits per heavy atom. The van der Waals surface area contributed by atoms with Crippen molar-refractivity contribution in [3.63, 3.8) is 0 Å². The normalized spacial score (nSPS) is 19.2. The summed E-state index contributed by atoms with van der Waals surface area (Å²) in [5.41, 5.74) is 2.34. The van der Waals surface area contributed by atoms with Gasteiger partial charge < -0.3 is 19.4 Å². The quantitative estimate of drug-likeness (QED) is 0.668. The largest absolute Gasteiger partial charge is 0.497 e. The Hall–Kier alpha value is -2.63. The number of carbonyl (C=O) groups is 1. The van der Waals surface area contributed by atoms with Gasteiger partial charge in [-0.1, -0.05) is 48.5 Å². The fourth-order valence-corrected chi connectivity index (χ4v) is 3.75. The highest BCUT2D eigenvalue weighted by atomic mass is 16.5. The number of nitrogens with zero attached hydrogens (tertiary/aromatic N) is 1. The third-order valence-corrected chi connectivity index (χ3v) is 5.56. The van der Waals surface area contributed by atoms with Gasteiger partial charge in [-0.3, -0.25) is 4.79 Å². The molecule has 0 radical (unpaired) electrons. The van der Waals surface area contributed by atoms with Crippen molar-refractivity contribution in [3.05, 3.63) is 71.8 Å². The van der Waals surface area contributed by atoms with Crippen LogP contribution < -0.4 is 14.5 Å². The molecule has 5 nitrogen and oxygen atoms in total. The zero-order chi connectivity index (χ0) is 20.5. The van der Waals surface area contributed by atoms with Crippen LogP contribution in [-0.4, -0.2) is 64.2 Å². The summed E-state index contributed by atoms with van der Waals surface area (Å²) in [4.78, 5) is 17.4. The van der Waals surface area contributed by atoms with Gasteiger partial charge in [0, 0.05) is 13.6 Å². The number of hydrogen-bond acceptors (Lipinski definition) is 2. The number of benzene rings is 2. The maximum Gasteiger partial charge on any atom is 0.277 e. The lowest BCUT2D eigenvalue weighted by atomic mass is 10.2. The fourth-order valence-electron chi connectivity index (χ4n) is 3.75. The van der Waals surface area contributed by atoms with Gasteiger partial charge in [0.05, 0.1) is 13.7 Å². The van der Waals surface area contributed by atoms with Crippen molar-refractivity contribution < 1.29 is 19.3 Å². The SMILES string of the molecule is COc1cccc(CN(C)C(=O)C[NH+]2CC[NH+](C/C=C/c3ccccc3)CC2)c1. The summed E-state index contributed by atoms with van der Waals surface area (Å²) in [6, 6.07) is 18.3. The Bertz CT molecular complexity index is 799. The summed E-state index contributed by atoms with van der Waals surface area (Å²) >= 11 is 0. The van der Waals surface area contributed by atoms with Gasteiger partial charge in [-0.2, -0.15) is 0 Å². The van der Waals surface area contributed by atoms with Gasteiger partial charge in [-0.15, -0.1) is 0 Å². The number of hydrogen-bond donors (Lipinski definition) is 2. The van der Waals surface area contributed by atoms with E-state index >= 15 is 0 Å². The van der Waals surface area contributed by atoms with E-state index in [1.807, 2.05) is 42.3 Å². The zero-order valence-electron chi connectivity index (χ0n) is 17.6. The second-order valence-corrected chi connectivity index (χ2v) is 7.80. The van der Waals surface area contributed by atoms with Crippen LogP contribution in [0, 0.1) is 0 Å². The molecule has 154 valence electrons. The monoisotopic (exact) mass is 395 g/mol. The number of nitrogens with one attached hydrogen (secondary N) is 2. The molecule has 2 N–H and O–H groups in total. The fraction of sp³-hybridized carbons (Fsp3) is 0.375. The second kappa shape index (κ2) is 10.8. The molecule has 1 aliphatic heterocycles. The third-order valence-electron chi connectivity index (χ3n) is 5.56. The van der Waals surface area contributed by atoms with E-state index in [2.05, 4.69) is 36.4 Å². The van der Waals surface area contributed by atoms with Crippen molar-refractivity contribution in [2.45, 2.75) is 6.54 Å². The van der Waals surface area contributed by atoms with Gasteiger partial charge in [0.15, 0.2) is 6.54 Å². The third kappa shape index (κ3) is 6.73. The topological polar surface area (TPSA) is 38.4 Å². The number of rotatable bonds is 8. The predicted octanol–water partition coefficient (Wildman–Crippen LogP) is 0.150. The minimum Gasteiger partial charge on any atom is -0.497 e. The van der Waals surface area contributed by atoms with E-state index in [4.69, 9.17) is 4.74 Å². The average molecular weight is 396 g/mol. The lowest BCUT2D eigenvalue weighted by Crippen LogP contribution is -3.28. The van der Waals surface area contributed by atoms with E-state index in [-0.39, 0.29) is 5.91 Å². The van der Waals surface area contributed by atoms with Gasteiger partial charge in [-0.25, -0.2) is 0 Å². The molecule has 2 aromatic carbocycles. The van der Waals surface area contributed by atoms with Gasteiger partial charge in [0.2, 0.25) is 0 Å². The Balaban J connectivity index is 1.39. The number of carbonyl (C=O) groups excluding carboxylic acids is 1. The van der Waals surface area contributed by atoms with Crippen molar-refractivity contribution >= 4 is 12.0 Å². The van der Waals surface area contributed by atoms with Crippen LogP contribution in [0.5, 0.6) is 5.75 Å². The van der Waals surface area contributed by atoms with Crippen molar-refractivity contribution in [1.29, 1.82) is 0 Å². The molecule has 29 heavy (non-hydrogen) atoms. The number of methoxy groups -OCH3 is 1. The van der Waals surface area contributed by atoms with Gasteiger partial charge in [0.25, 0.3) is 5.91 Å². The maximum atomic E-state index is 12.6. The molecule has 0 unspecified atom stereocenters. The lowest BCUT2D eigenvalue weighted by Gasteiger charge is -2.29. The Morgan fingerprint density at radius 3 is 2.48 bits per heavy atom. The summed E-state index contributed by atoms with van der Waals surface area (Å²) < 4.78 is 5.27. The molecular formula is C24H33N3O2+2. The van der Waals surface area contributed by atoms with E-state index in [0.717, 1.165) is 44.0 Å². The summed E-state index contributed by atoms with van der Waals surface area (Å²) in [6.45, 7) is 6.56. The van der Waals surface area contributed by atoms with Crippen LogP contribution in [0.25, 0.3) is 6.08 Å². The first-order valence-electron chi connectivity index (χ1n) is 10.4. The molecule has 0 saturated carbocycles. The molecule has 1 heterocycles. The van der Waals surface area contributed by atoms with Crippen LogP contribution in [0.1, 0.15) is 11.1 Å². The van der Waals surface area contributed by atoms with Gasteiger partial charge in [0.1, 0.15) is 31.9 Å².